The van der Waals surface area contributed by atoms with E-state index >= 15 is 0 Å². The Labute approximate surface area is 167 Å². The van der Waals surface area contributed by atoms with Gasteiger partial charge < -0.3 is 14.6 Å². The van der Waals surface area contributed by atoms with E-state index in [-0.39, 0.29) is 0 Å². The number of benzene rings is 2. The topological polar surface area (TPSA) is 42.3 Å². The monoisotopic (exact) mass is 376 g/mol. The Morgan fingerprint density at radius 1 is 1.04 bits per heavy atom. The van der Waals surface area contributed by atoms with Crippen LogP contribution in [0, 0.1) is 0 Å². The number of nitrogens with one attached hydrogen (secondary N) is 1. The molecular formula is C23H28N4O. The number of hydrogen-bond donors (Lipinski definition) is 1. The third-order valence-corrected chi connectivity index (χ3v) is 5.49. The summed E-state index contributed by atoms with van der Waals surface area (Å²) < 4.78 is 7.33. The molecule has 0 bridgehead atoms. The van der Waals surface area contributed by atoms with Crippen molar-refractivity contribution in [1.82, 2.24) is 19.8 Å². The van der Waals surface area contributed by atoms with Crippen molar-refractivity contribution in [2.75, 3.05) is 26.7 Å². The van der Waals surface area contributed by atoms with Crippen LogP contribution >= 0.6 is 0 Å². The second kappa shape index (κ2) is 9.04. The molecule has 0 spiro atoms. The van der Waals surface area contributed by atoms with Crippen molar-refractivity contribution in [2.45, 2.75) is 25.4 Å². The second-order valence-corrected chi connectivity index (χ2v) is 7.30. The molecule has 1 N–H and O–H groups in total. The van der Waals surface area contributed by atoms with Gasteiger partial charge in [-0.25, -0.2) is 4.98 Å². The summed E-state index contributed by atoms with van der Waals surface area (Å²) in [4.78, 5) is 6.70. The third-order valence-electron chi connectivity index (χ3n) is 5.49. The molecule has 1 aliphatic rings. The van der Waals surface area contributed by atoms with E-state index in [2.05, 4.69) is 63.7 Å². The fourth-order valence-corrected chi connectivity index (χ4v) is 3.89. The van der Waals surface area contributed by atoms with Crippen LogP contribution < -0.4 is 10.1 Å². The van der Waals surface area contributed by atoms with Gasteiger partial charge in [-0.1, -0.05) is 24.3 Å². The van der Waals surface area contributed by atoms with Crippen molar-refractivity contribution in [3.05, 3.63) is 78.4 Å². The van der Waals surface area contributed by atoms with Crippen molar-refractivity contribution in [2.24, 2.45) is 0 Å². The van der Waals surface area contributed by atoms with Crippen LogP contribution in [0.5, 0.6) is 5.75 Å². The average Bonchev–Trinajstić information content (AvgIpc) is 3.46. The van der Waals surface area contributed by atoms with E-state index in [9.17, 15) is 0 Å². The fraction of sp³-hybridized carbons (Fsp3) is 0.348. The highest BCUT2D eigenvalue weighted by Crippen LogP contribution is 2.26. The lowest BCUT2D eigenvalue weighted by atomic mass is 10.0. The maximum atomic E-state index is 5.31. The van der Waals surface area contributed by atoms with Crippen molar-refractivity contribution < 1.29 is 4.74 Å². The average molecular weight is 377 g/mol. The molecule has 0 radical (unpaired) electrons. The molecule has 0 amide bonds. The molecule has 1 atom stereocenters. The smallest absolute Gasteiger partial charge is 0.118 e. The van der Waals surface area contributed by atoms with Crippen LogP contribution in [-0.2, 0) is 6.54 Å². The first-order valence-electron chi connectivity index (χ1n) is 9.99. The molecule has 1 fully saturated rings. The fourth-order valence-electron chi connectivity index (χ4n) is 3.89. The number of hydrogen-bond acceptors (Lipinski definition) is 4. The molecule has 0 aliphatic carbocycles. The van der Waals surface area contributed by atoms with Gasteiger partial charge in [0.25, 0.3) is 0 Å². The summed E-state index contributed by atoms with van der Waals surface area (Å²) in [6.07, 6.45) is 8.17. The Hall–Kier alpha value is -2.63. The summed E-state index contributed by atoms with van der Waals surface area (Å²) in [7, 11) is 1.71. The van der Waals surface area contributed by atoms with Gasteiger partial charge in [0.15, 0.2) is 0 Å². The Balaban J connectivity index is 1.38. The van der Waals surface area contributed by atoms with Gasteiger partial charge in [-0.3, -0.25) is 4.90 Å². The van der Waals surface area contributed by atoms with Gasteiger partial charge in [0.2, 0.25) is 0 Å². The predicted octanol–water partition coefficient (Wildman–Crippen LogP) is 3.81. The van der Waals surface area contributed by atoms with E-state index in [1.54, 1.807) is 13.3 Å². The van der Waals surface area contributed by atoms with E-state index in [4.69, 9.17) is 4.74 Å². The standard InChI is InChI=1S/C23H28N4O/c1-28-22-10-6-20(7-11-22)23(26-13-2-3-14-26)17-25-16-19-4-8-21(9-5-19)27-15-12-24-18-27/h4-12,15,18,23,25H,2-3,13-14,16-17H2,1H3. The van der Waals surface area contributed by atoms with E-state index in [0.717, 1.165) is 24.5 Å². The molecule has 4 rings (SSSR count). The number of aromatic nitrogens is 2. The molecule has 1 saturated heterocycles. The minimum atomic E-state index is 0.402. The Bertz CT molecular complexity index is 837. The maximum Gasteiger partial charge on any atom is 0.118 e. The largest absolute Gasteiger partial charge is 0.497 e. The van der Waals surface area contributed by atoms with E-state index in [0.29, 0.717) is 6.04 Å². The van der Waals surface area contributed by atoms with Crippen molar-refractivity contribution in [3.63, 3.8) is 0 Å². The molecule has 3 aromatic rings. The molecule has 5 nitrogen and oxygen atoms in total. The first-order valence-corrected chi connectivity index (χ1v) is 9.99. The number of ether oxygens (including phenoxy) is 1. The van der Waals surface area contributed by atoms with Crippen LogP contribution in [0.2, 0.25) is 0 Å². The number of likely N-dealkylation sites (tertiary alicyclic amines) is 1. The molecule has 1 aliphatic heterocycles. The number of nitrogens with zero attached hydrogens (tertiary/aromatic N) is 3. The first kappa shape index (κ1) is 18.7. The third kappa shape index (κ3) is 4.43. The predicted molar refractivity (Wildman–Crippen MR) is 112 cm³/mol. The van der Waals surface area contributed by atoms with Gasteiger partial charge >= 0.3 is 0 Å². The molecule has 2 heterocycles. The summed E-state index contributed by atoms with van der Waals surface area (Å²) >= 11 is 0. The van der Waals surface area contributed by atoms with Crippen LogP contribution in [0.25, 0.3) is 5.69 Å². The zero-order chi connectivity index (χ0) is 19.2. The highest BCUT2D eigenvalue weighted by atomic mass is 16.5. The highest BCUT2D eigenvalue weighted by Gasteiger charge is 2.23. The van der Waals surface area contributed by atoms with Gasteiger partial charge in [0, 0.05) is 37.2 Å². The van der Waals surface area contributed by atoms with Gasteiger partial charge in [0.05, 0.1) is 13.4 Å². The number of rotatable bonds is 8. The number of methoxy groups -OCH3 is 1. The lowest BCUT2D eigenvalue weighted by Gasteiger charge is -2.28. The Morgan fingerprint density at radius 3 is 2.43 bits per heavy atom. The van der Waals surface area contributed by atoms with Crippen LogP contribution in [0.3, 0.4) is 0 Å². The van der Waals surface area contributed by atoms with Crippen molar-refractivity contribution in [1.29, 1.82) is 0 Å². The van der Waals surface area contributed by atoms with E-state index < -0.39 is 0 Å². The van der Waals surface area contributed by atoms with Gasteiger partial charge in [-0.05, 0) is 61.3 Å². The quantitative estimate of drug-likeness (QED) is 0.649. The van der Waals surface area contributed by atoms with E-state index in [1.807, 2.05) is 17.1 Å². The Morgan fingerprint density at radius 2 is 1.79 bits per heavy atom. The zero-order valence-electron chi connectivity index (χ0n) is 16.4. The molecular weight excluding hydrogens is 348 g/mol. The van der Waals surface area contributed by atoms with Crippen LogP contribution in [0.15, 0.2) is 67.3 Å². The van der Waals surface area contributed by atoms with Crippen LogP contribution in [0.1, 0.15) is 30.0 Å². The lowest BCUT2D eigenvalue weighted by molar-refractivity contribution is 0.238. The molecule has 28 heavy (non-hydrogen) atoms. The van der Waals surface area contributed by atoms with E-state index in [1.165, 1.54) is 37.1 Å². The Kier molecular flexibility index (Phi) is 6.04. The minimum Gasteiger partial charge on any atom is -0.497 e. The zero-order valence-corrected chi connectivity index (χ0v) is 16.4. The normalized spacial score (nSPS) is 15.6. The first-order chi connectivity index (χ1) is 13.8. The molecule has 2 aromatic carbocycles. The summed E-state index contributed by atoms with van der Waals surface area (Å²) in [5.41, 5.74) is 3.78. The molecule has 5 heteroatoms. The van der Waals surface area contributed by atoms with Gasteiger partial charge in [0.1, 0.15) is 5.75 Å². The summed E-state index contributed by atoms with van der Waals surface area (Å²) in [5, 5.41) is 3.67. The molecule has 1 aromatic heterocycles. The molecule has 146 valence electrons. The summed E-state index contributed by atoms with van der Waals surface area (Å²) in [6, 6.07) is 17.6. The molecule has 1 unspecified atom stereocenters. The minimum absolute atomic E-state index is 0.402. The van der Waals surface area contributed by atoms with Crippen LogP contribution in [-0.4, -0.2) is 41.2 Å². The SMILES string of the molecule is COc1ccc(C(CNCc2ccc(-n3ccnc3)cc2)N2CCCC2)cc1. The maximum absolute atomic E-state index is 5.31. The summed E-state index contributed by atoms with van der Waals surface area (Å²) in [5.74, 6) is 0.912. The molecule has 0 saturated carbocycles. The second-order valence-electron chi connectivity index (χ2n) is 7.30. The number of imidazole rings is 1. The van der Waals surface area contributed by atoms with Gasteiger partial charge in [-0.15, -0.1) is 0 Å². The van der Waals surface area contributed by atoms with Crippen molar-refractivity contribution >= 4 is 0 Å². The summed E-state index contributed by atoms with van der Waals surface area (Å²) in [6.45, 7) is 4.16. The highest BCUT2D eigenvalue weighted by molar-refractivity contribution is 5.34. The lowest BCUT2D eigenvalue weighted by Crippen LogP contribution is -2.34. The van der Waals surface area contributed by atoms with Gasteiger partial charge in [-0.2, -0.15) is 0 Å². The van der Waals surface area contributed by atoms with Crippen LogP contribution in [0.4, 0.5) is 0 Å². The van der Waals surface area contributed by atoms with Crippen molar-refractivity contribution in [3.8, 4) is 11.4 Å².